The van der Waals surface area contributed by atoms with Gasteiger partial charge in [0.1, 0.15) is 11.8 Å². The fourth-order valence-corrected chi connectivity index (χ4v) is 4.09. The number of anilines is 1. The third-order valence-corrected chi connectivity index (χ3v) is 6.15. The molecule has 0 radical (unpaired) electrons. The Labute approximate surface area is 234 Å². The van der Waals surface area contributed by atoms with Crippen LogP contribution in [-0.4, -0.2) is 57.5 Å². The average molecular weight is 567 g/mol. The number of hydrogen-bond donors (Lipinski definition) is 5. The summed E-state index contributed by atoms with van der Waals surface area (Å²) >= 11 is 6.36. The number of amides is 1. The van der Waals surface area contributed by atoms with E-state index >= 15 is 0 Å². The van der Waals surface area contributed by atoms with Crippen molar-refractivity contribution >= 4 is 47.1 Å². The van der Waals surface area contributed by atoms with E-state index in [2.05, 4.69) is 5.32 Å². The number of carbonyl (C=O) groups is 4. The van der Waals surface area contributed by atoms with Gasteiger partial charge in [-0.3, -0.25) is 15.0 Å². The van der Waals surface area contributed by atoms with Crippen molar-refractivity contribution in [2.75, 3.05) is 11.9 Å². The third-order valence-electron chi connectivity index (χ3n) is 5.80. The van der Waals surface area contributed by atoms with Crippen LogP contribution in [0.4, 0.5) is 5.69 Å². The molecule has 0 fully saturated rings. The molecule has 0 aliphatic heterocycles. The number of benzene rings is 3. The van der Waals surface area contributed by atoms with Crippen LogP contribution in [0, 0.1) is 5.41 Å². The van der Waals surface area contributed by atoms with Gasteiger partial charge in [0.05, 0.1) is 18.4 Å². The van der Waals surface area contributed by atoms with Gasteiger partial charge in [0.2, 0.25) is 5.91 Å². The summed E-state index contributed by atoms with van der Waals surface area (Å²) in [4.78, 5) is 50.1. The van der Waals surface area contributed by atoms with Gasteiger partial charge in [-0.1, -0.05) is 48.0 Å². The normalized spacial score (nSPS) is 11.2. The molecular formula is C28H27ClN4O7. The van der Waals surface area contributed by atoms with Crippen molar-refractivity contribution in [3.05, 3.63) is 94.5 Å². The highest BCUT2D eigenvalue weighted by Crippen LogP contribution is 2.25. The van der Waals surface area contributed by atoms with Crippen molar-refractivity contribution in [1.29, 1.82) is 5.41 Å². The molecule has 208 valence electrons. The number of halogens is 1. The number of hydrogen-bond acceptors (Lipinski definition) is 6. The Morgan fingerprint density at radius 3 is 2.25 bits per heavy atom. The molecule has 0 spiro atoms. The lowest BCUT2D eigenvalue weighted by atomic mass is 10.0. The zero-order valence-corrected chi connectivity index (χ0v) is 21.9. The lowest BCUT2D eigenvalue weighted by Crippen LogP contribution is -2.48. The molecule has 0 aliphatic carbocycles. The molecule has 0 saturated heterocycles. The summed E-state index contributed by atoms with van der Waals surface area (Å²) in [5.74, 6) is -3.85. The summed E-state index contributed by atoms with van der Waals surface area (Å²) in [6.45, 7) is -0.300. The molecule has 1 amide bonds. The van der Waals surface area contributed by atoms with Gasteiger partial charge < -0.3 is 30.9 Å². The molecule has 0 saturated carbocycles. The number of carbonyl (C=O) groups excluding carboxylic acids is 2. The van der Waals surface area contributed by atoms with Crippen molar-refractivity contribution in [1.82, 2.24) is 4.90 Å². The van der Waals surface area contributed by atoms with Crippen molar-refractivity contribution in [3.8, 4) is 5.75 Å². The average Bonchev–Trinajstić information content (AvgIpc) is 2.90. The van der Waals surface area contributed by atoms with Gasteiger partial charge in [-0.2, -0.15) is 0 Å². The van der Waals surface area contributed by atoms with E-state index in [0.29, 0.717) is 16.8 Å². The van der Waals surface area contributed by atoms with Gasteiger partial charge >= 0.3 is 17.9 Å². The predicted molar refractivity (Wildman–Crippen MR) is 148 cm³/mol. The minimum atomic E-state index is -1.29. The maximum Gasteiger partial charge on any atom is 0.343 e. The zero-order valence-electron chi connectivity index (χ0n) is 21.2. The van der Waals surface area contributed by atoms with E-state index in [-0.39, 0.29) is 41.7 Å². The maximum absolute atomic E-state index is 13.3. The largest absolute Gasteiger partial charge is 0.481 e. The summed E-state index contributed by atoms with van der Waals surface area (Å²) in [6.07, 6.45) is -0.732. The first-order valence-electron chi connectivity index (χ1n) is 12.0. The molecule has 0 aliphatic rings. The number of ether oxygens (including phenoxy) is 1. The first-order valence-corrected chi connectivity index (χ1v) is 12.4. The smallest absolute Gasteiger partial charge is 0.343 e. The second kappa shape index (κ2) is 13.8. The van der Waals surface area contributed by atoms with E-state index in [4.69, 9.17) is 32.6 Å². The zero-order chi connectivity index (χ0) is 29.2. The summed E-state index contributed by atoms with van der Waals surface area (Å²) < 4.78 is 5.36. The van der Waals surface area contributed by atoms with Crippen molar-refractivity contribution in [3.63, 3.8) is 0 Å². The SMILES string of the molecule is N=C(N)Nc1ccc(C(=O)Oc2ccc(CC(=O)N(CCC(=O)O)C(Cc3ccccc3)C(=O)O)c(Cl)c2)cc1. The number of nitrogens with two attached hydrogens (primary N) is 1. The second-order valence-corrected chi connectivity index (χ2v) is 9.12. The molecule has 0 bridgehead atoms. The number of carboxylic acids is 2. The molecule has 3 rings (SSSR count). The van der Waals surface area contributed by atoms with E-state index in [1.54, 1.807) is 42.5 Å². The van der Waals surface area contributed by atoms with Gasteiger partial charge in [0, 0.05) is 23.7 Å². The quantitative estimate of drug-likeness (QED) is 0.0948. The highest BCUT2D eigenvalue weighted by molar-refractivity contribution is 6.31. The van der Waals surface area contributed by atoms with Gasteiger partial charge in [0.25, 0.3) is 0 Å². The van der Waals surface area contributed by atoms with Crippen LogP contribution >= 0.6 is 11.6 Å². The molecule has 11 nitrogen and oxygen atoms in total. The van der Waals surface area contributed by atoms with E-state index in [1.807, 2.05) is 0 Å². The van der Waals surface area contributed by atoms with Crippen LogP contribution in [0.1, 0.15) is 27.9 Å². The van der Waals surface area contributed by atoms with E-state index in [9.17, 15) is 24.3 Å². The van der Waals surface area contributed by atoms with E-state index in [0.717, 1.165) is 4.90 Å². The van der Waals surface area contributed by atoms with Gasteiger partial charge in [0.15, 0.2) is 5.96 Å². The minimum Gasteiger partial charge on any atom is -0.481 e. The highest BCUT2D eigenvalue weighted by atomic mass is 35.5. The molecule has 3 aromatic rings. The van der Waals surface area contributed by atoms with Crippen molar-refractivity contribution in [2.24, 2.45) is 5.73 Å². The number of guanidine groups is 1. The van der Waals surface area contributed by atoms with Crippen LogP contribution in [0.2, 0.25) is 5.02 Å². The maximum atomic E-state index is 13.3. The number of rotatable bonds is 12. The molecule has 6 N–H and O–H groups in total. The molecule has 12 heteroatoms. The monoisotopic (exact) mass is 566 g/mol. The van der Waals surface area contributed by atoms with Crippen LogP contribution in [0.3, 0.4) is 0 Å². The standard InChI is InChI=1S/C28H27ClN4O7/c29-22-16-21(40-27(39)18-6-9-20(10-7-18)32-28(30)31)11-8-19(22)15-24(34)33(13-12-25(35)36)23(26(37)38)14-17-4-2-1-3-5-17/h1-11,16,23H,12-15H2,(H,35,36)(H,37,38)(H4,30,31,32). The second-order valence-electron chi connectivity index (χ2n) is 8.71. The van der Waals surface area contributed by atoms with E-state index in [1.165, 1.54) is 30.3 Å². The lowest BCUT2D eigenvalue weighted by Gasteiger charge is -2.29. The predicted octanol–water partition coefficient (Wildman–Crippen LogP) is 3.41. The Hall–Kier alpha value is -4.90. The van der Waals surface area contributed by atoms with Crippen LogP contribution < -0.4 is 15.8 Å². The summed E-state index contributed by atoms with van der Waals surface area (Å²) in [7, 11) is 0. The highest BCUT2D eigenvalue weighted by Gasteiger charge is 2.30. The molecule has 3 aromatic carbocycles. The summed E-state index contributed by atoms with van der Waals surface area (Å²) in [5.41, 5.74) is 7.05. The topological polar surface area (TPSA) is 183 Å². The first kappa shape index (κ1) is 29.7. The van der Waals surface area contributed by atoms with Crippen LogP contribution in [-0.2, 0) is 27.2 Å². The Kier molecular flexibility index (Phi) is 10.2. The molecular weight excluding hydrogens is 540 g/mol. The molecule has 40 heavy (non-hydrogen) atoms. The van der Waals surface area contributed by atoms with Crippen LogP contribution in [0.25, 0.3) is 0 Å². The number of nitrogens with zero attached hydrogens (tertiary/aromatic N) is 1. The number of esters is 1. The molecule has 1 atom stereocenters. The first-order chi connectivity index (χ1) is 19.0. The molecule has 0 heterocycles. The van der Waals surface area contributed by atoms with Gasteiger partial charge in [-0.25, -0.2) is 9.59 Å². The number of nitrogens with one attached hydrogen (secondary N) is 2. The Balaban J connectivity index is 1.73. The number of carboxylic acid groups (broad SMARTS) is 2. The fraction of sp³-hybridized carbons (Fsp3) is 0.179. The van der Waals surface area contributed by atoms with Crippen LogP contribution in [0.5, 0.6) is 5.75 Å². The Bertz CT molecular complexity index is 1400. The minimum absolute atomic E-state index is 0.00402. The third kappa shape index (κ3) is 8.57. The van der Waals surface area contributed by atoms with Crippen LogP contribution in [0.15, 0.2) is 72.8 Å². The van der Waals surface area contributed by atoms with Crippen molar-refractivity contribution in [2.45, 2.75) is 25.3 Å². The summed E-state index contributed by atoms with van der Waals surface area (Å²) in [6, 6.07) is 17.8. The van der Waals surface area contributed by atoms with Gasteiger partial charge in [-0.15, -0.1) is 0 Å². The Morgan fingerprint density at radius 1 is 1.00 bits per heavy atom. The summed E-state index contributed by atoms with van der Waals surface area (Å²) in [5, 5.41) is 29.0. The lowest BCUT2D eigenvalue weighted by molar-refractivity contribution is -0.151. The van der Waals surface area contributed by atoms with Crippen molar-refractivity contribution < 1.29 is 34.1 Å². The van der Waals surface area contributed by atoms with Gasteiger partial charge in [-0.05, 0) is 47.5 Å². The van der Waals surface area contributed by atoms with E-state index < -0.39 is 36.3 Å². The fourth-order valence-electron chi connectivity index (χ4n) is 3.85. The molecule has 0 aromatic heterocycles. The molecule has 1 unspecified atom stereocenters. The Morgan fingerprint density at radius 2 is 1.68 bits per heavy atom. The number of aliphatic carboxylic acids is 2.